The number of hydroxylamine groups is 1. The van der Waals surface area contributed by atoms with Crippen molar-refractivity contribution in [3.8, 4) is 0 Å². The molecule has 3 nitrogen and oxygen atoms in total. The fourth-order valence-corrected chi connectivity index (χ4v) is 1.85. The summed E-state index contributed by atoms with van der Waals surface area (Å²) in [6.07, 6.45) is 0.446. The zero-order valence-corrected chi connectivity index (χ0v) is 9.28. The first-order chi connectivity index (χ1) is 7.13. The Labute approximate surface area is 89.6 Å². The molecule has 0 atom stereocenters. The summed E-state index contributed by atoms with van der Waals surface area (Å²) in [7, 11) is 1.52. The van der Waals surface area contributed by atoms with Crippen molar-refractivity contribution < 1.29 is 9.63 Å². The number of rotatable bonds is 2. The van der Waals surface area contributed by atoms with Crippen molar-refractivity contribution in [2.45, 2.75) is 26.2 Å². The molecule has 80 valence electrons. The summed E-state index contributed by atoms with van der Waals surface area (Å²) >= 11 is 0. The van der Waals surface area contributed by atoms with Crippen molar-refractivity contribution in [1.29, 1.82) is 0 Å². The zero-order valence-electron chi connectivity index (χ0n) is 9.28. The van der Waals surface area contributed by atoms with Gasteiger partial charge in [-0.25, -0.2) is 0 Å². The lowest BCUT2D eigenvalue weighted by atomic mass is 10.0. The number of amides is 1. The quantitative estimate of drug-likeness (QED) is 0.741. The predicted octanol–water partition coefficient (Wildman–Crippen LogP) is 2.26. The van der Waals surface area contributed by atoms with Gasteiger partial charge in [0.1, 0.15) is 0 Å². The number of benzene rings is 1. The molecule has 0 aromatic heterocycles. The Balaban J connectivity index is 2.44. The molecule has 1 aliphatic heterocycles. The van der Waals surface area contributed by atoms with Gasteiger partial charge < -0.3 is 0 Å². The molecule has 0 radical (unpaired) electrons. The molecule has 0 spiro atoms. The summed E-state index contributed by atoms with van der Waals surface area (Å²) in [5.41, 5.74) is 3.17. The average molecular weight is 205 g/mol. The highest BCUT2D eigenvalue weighted by atomic mass is 16.7. The van der Waals surface area contributed by atoms with Gasteiger partial charge in [0, 0.05) is 0 Å². The molecule has 1 heterocycles. The fourth-order valence-electron chi connectivity index (χ4n) is 1.85. The second kappa shape index (κ2) is 3.66. The van der Waals surface area contributed by atoms with Gasteiger partial charge in [0.15, 0.2) is 0 Å². The van der Waals surface area contributed by atoms with Crippen LogP contribution in [0.4, 0.5) is 5.69 Å². The molecule has 1 aromatic rings. The predicted molar refractivity (Wildman–Crippen MR) is 58.7 cm³/mol. The average Bonchev–Trinajstić information content (AvgIpc) is 2.51. The van der Waals surface area contributed by atoms with Crippen molar-refractivity contribution in [3.63, 3.8) is 0 Å². The lowest BCUT2D eigenvalue weighted by Crippen LogP contribution is -2.25. The molecule has 15 heavy (non-hydrogen) atoms. The van der Waals surface area contributed by atoms with Crippen LogP contribution in [0.1, 0.15) is 30.9 Å². The minimum absolute atomic E-state index is 0.00778. The maximum Gasteiger partial charge on any atom is 0.255 e. The van der Waals surface area contributed by atoms with Gasteiger partial charge in [-0.3, -0.25) is 9.63 Å². The lowest BCUT2D eigenvalue weighted by molar-refractivity contribution is -0.123. The molecule has 1 aliphatic rings. The van der Waals surface area contributed by atoms with Gasteiger partial charge in [-0.15, -0.1) is 0 Å². The van der Waals surface area contributed by atoms with E-state index in [0.29, 0.717) is 12.3 Å². The van der Waals surface area contributed by atoms with Crippen LogP contribution in [0.25, 0.3) is 0 Å². The van der Waals surface area contributed by atoms with Crippen LogP contribution in [-0.2, 0) is 16.1 Å². The Morgan fingerprint density at radius 1 is 1.40 bits per heavy atom. The molecular formula is C12H15NO2. The third-order valence-corrected chi connectivity index (χ3v) is 2.75. The Bertz CT molecular complexity index is 399. The number of nitrogens with zero attached hydrogens (tertiary/aromatic N) is 1. The lowest BCUT2D eigenvalue weighted by Gasteiger charge is -2.15. The first-order valence-electron chi connectivity index (χ1n) is 5.13. The van der Waals surface area contributed by atoms with Gasteiger partial charge in [0.05, 0.1) is 19.2 Å². The van der Waals surface area contributed by atoms with Crippen LogP contribution < -0.4 is 5.06 Å². The molecule has 1 amide bonds. The van der Waals surface area contributed by atoms with Crippen LogP contribution >= 0.6 is 0 Å². The topological polar surface area (TPSA) is 29.5 Å². The maximum absolute atomic E-state index is 11.5. The van der Waals surface area contributed by atoms with Crippen molar-refractivity contribution in [2.24, 2.45) is 0 Å². The van der Waals surface area contributed by atoms with Gasteiger partial charge in [0.25, 0.3) is 5.91 Å². The maximum atomic E-state index is 11.5. The van der Waals surface area contributed by atoms with E-state index < -0.39 is 0 Å². The summed E-state index contributed by atoms with van der Waals surface area (Å²) in [6.45, 7) is 4.27. The molecule has 3 heteroatoms. The number of anilines is 1. The summed E-state index contributed by atoms with van der Waals surface area (Å²) in [4.78, 5) is 16.6. The first kappa shape index (κ1) is 10.2. The van der Waals surface area contributed by atoms with Gasteiger partial charge in [-0.05, 0) is 23.1 Å². The van der Waals surface area contributed by atoms with Gasteiger partial charge in [-0.2, -0.15) is 5.06 Å². The molecule has 0 saturated heterocycles. The Morgan fingerprint density at radius 3 is 2.73 bits per heavy atom. The van der Waals surface area contributed by atoms with Crippen molar-refractivity contribution in [3.05, 3.63) is 29.3 Å². The van der Waals surface area contributed by atoms with Gasteiger partial charge in [0.2, 0.25) is 0 Å². The number of hydrogen-bond donors (Lipinski definition) is 0. The standard InChI is InChI=1S/C12H15NO2/c1-8(2)9-4-5-10-7-12(14)13(15-3)11(10)6-9/h4-6,8H,7H2,1-3H3. The fraction of sp³-hybridized carbons (Fsp3) is 0.417. The van der Waals surface area contributed by atoms with E-state index >= 15 is 0 Å². The minimum Gasteiger partial charge on any atom is -0.272 e. The summed E-state index contributed by atoms with van der Waals surface area (Å²) in [5, 5.41) is 1.38. The van der Waals surface area contributed by atoms with Crippen LogP contribution in [0.5, 0.6) is 0 Å². The second-order valence-electron chi connectivity index (χ2n) is 4.09. The van der Waals surface area contributed by atoms with Crippen LogP contribution in [0.15, 0.2) is 18.2 Å². The molecule has 0 bridgehead atoms. The molecule has 0 unspecified atom stereocenters. The van der Waals surface area contributed by atoms with E-state index in [0.717, 1.165) is 11.3 Å². The molecule has 0 saturated carbocycles. The summed E-state index contributed by atoms with van der Waals surface area (Å²) in [6, 6.07) is 6.13. The number of carbonyl (C=O) groups excluding carboxylic acids is 1. The van der Waals surface area contributed by atoms with E-state index in [1.807, 2.05) is 12.1 Å². The molecular weight excluding hydrogens is 190 g/mol. The largest absolute Gasteiger partial charge is 0.272 e. The van der Waals surface area contributed by atoms with Crippen LogP contribution in [0, 0.1) is 0 Å². The highest BCUT2D eigenvalue weighted by Gasteiger charge is 2.27. The van der Waals surface area contributed by atoms with E-state index in [4.69, 9.17) is 4.84 Å². The SMILES string of the molecule is CON1C(=O)Cc2ccc(C(C)C)cc21. The van der Waals surface area contributed by atoms with Crippen molar-refractivity contribution >= 4 is 11.6 Å². The Morgan fingerprint density at radius 2 is 2.13 bits per heavy atom. The van der Waals surface area contributed by atoms with Gasteiger partial charge >= 0.3 is 0 Å². The monoisotopic (exact) mass is 205 g/mol. The third-order valence-electron chi connectivity index (χ3n) is 2.75. The second-order valence-corrected chi connectivity index (χ2v) is 4.09. The first-order valence-corrected chi connectivity index (χ1v) is 5.13. The van der Waals surface area contributed by atoms with Crippen LogP contribution in [-0.4, -0.2) is 13.0 Å². The highest BCUT2D eigenvalue weighted by molar-refractivity contribution is 5.99. The molecule has 0 aliphatic carbocycles. The molecule has 2 rings (SSSR count). The smallest absolute Gasteiger partial charge is 0.255 e. The molecule has 0 fully saturated rings. The Hall–Kier alpha value is -1.35. The van der Waals surface area contributed by atoms with Crippen molar-refractivity contribution in [1.82, 2.24) is 0 Å². The van der Waals surface area contributed by atoms with E-state index in [1.54, 1.807) is 0 Å². The van der Waals surface area contributed by atoms with E-state index in [-0.39, 0.29) is 5.91 Å². The Kier molecular flexibility index (Phi) is 2.49. The zero-order chi connectivity index (χ0) is 11.0. The van der Waals surface area contributed by atoms with Crippen LogP contribution in [0.3, 0.4) is 0 Å². The number of carbonyl (C=O) groups is 1. The highest BCUT2D eigenvalue weighted by Crippen LogP contribution is 2.31. The number of hydrogen-bond acceptors (Lipinski definition) is 2. The normalized spacial score (nSPS) is 14.9. The number of fused-ring (bicyclic) bond motifs is 1. The van der Waals surface area contributed by atoms with Crippen LogP contribution in [0.2, 0.25) is 0 Å². The molecule has 1 aromatic carbocycles. The van der Waals surface area contributed by atoms with Gasteiger partial charge in [-0.1, -0.05) is 26.0 Å². The molecule has 0 N–H and O–H groups in total. The minimum atomic E-state index is 0.00778. The third kappa shape index (κ3) is 1.63. The van der Waals surface area contributed by atoms with E-state index in [2.05, 4.69) is 19.9 Å². The van der Waals surface area contributed by atoms with E-state index in [1.165, 1.54) is 17.7 Å². The summed E-state index contributed by atoms with van der Waals surface area (Å²) in [5.74, 6) is 0.470. The van der Waals surface area contributed by atoms with Crippen molar-refractivity contribution in [2.75, 3.05) is 12.2 Å². The summed E-state index contributed by atoms with van der Waals surface area (Å²) < 4.78 is 0. The van der Waals surface area contributed by atoms with E-state index in [9.17, 15) is 4.79 Å².